The number of rotatable bonds is 11. The van der Waals surface area contributed by atoms with Gasteiger partial charge in [-0.15, -0.1) is 5.10 Å². The molecule has 0 fully saturated rings. The van der Waals surface area contributed by atoms with Gasteiger partial charge in [-0.25, -0.2) is 9.48 Å². The van der Waals surface area contributed by atoms with Crippen LogP contribution in [-0.2, 0) is 20.9 Å². The van der Waals surface area contributed by atoms with Gasteiger partial charge in [0, 0.05) is 32.7 Å². The number of halogens is 2. The van der Waals surface area contributed by atoms with Crippen LogP contribution in [0.5, 0.6) is 0 Å². The van der Waals surface area contributed by atoms with Crippen LogP contribution in [0.4, 0.5) is 0 Å². The molecule has 3 unspecified atom stereocenters. The molecule has 2 aromatic carbocycles. The van der Waals surface area contributed by atoms with Crippen LogP contribution in [-0.4, -0.2) is 56.4 Å². The van der Waals surface area contributed by atoms with E-state index in [4.69, 9.17) is 16.3 Å². The summed E-state index contributed by atoms with van der Waals surface area (Å²) < 4.78 is 8.45. The van der Waals surface area contributed by atoms with Gasteiger partial charge in [0.25, 0.3) is 0 Å². The first kappa shape index (κ1) is 28.8. The number of benzene rings is 2. The molecule has 1 aliphatic heterocycles. The molecule has 3 atom stereocenters. The SMILES string of the molecule is CCCC1(C(=O)O)C(C)NC(COCCn2cc(-c3ccccc3Br)nn2)=C(C(=O)O)C1c1ccccc1Cl. The second-order valence-electron chi connectivity index (χ2n) is 9.51. The zero-order valence-corrected chi connectivity index (χ0v) is 23.9. The zero-order valence-electron chi connectivity index (χ0n) is 21.6. The molecule has 3 N–H and O–H groups in total. The number of carboxylic acid groups (broad SMARTS) is 2. The maximum absolute atomic E-state index is 12.8. The summed E-state index contributed by atoms with van der Waals surface area (Å²) in [4.78, 5) is 25.5. The molecule has 0 radical (unpaired) electrons. The van der Waals surface area contributed by atoms with Crippen molar-refractivity contribution in [3.8, 4) is 11.3 Å². The maximum atomic E-state index is 12.8. The highest BCUT2D eigenvalue weighted by Crippen LogP contribution is 2.52. The molecule has 0 bridgehead atoms. The molecule has 2 heterocycles. The fourth-order valence-electron chi connectivity index (χ4n) is 5.39. The molecule has 11 heteroatoms. The van der Waals surface area contributed by atoms with Crippen molar-refractivity contribution >= 4 is 39.5 Å². The first-order valence-electron chi connectivity index (χ1n) is 12.6. The van der Waals surface area contributed by atoms with Crippen molar-refractivity contribution in [3.05, 3.63) is 81.1 Å². The van der Waals surface area contributed by atoms with E-state index in [1.165, 1.54) is 0 Å². The highest BCUT2D eigenvalue weighted by Gasteiger charge is 2.56. The number of nitrogens with one attached hydrogen (secondary N) is 1. The van der Waals surface area contributed by atoms with Crippen LogP contribution < -0.4 is 5.32 Å². The van der Waals surface area contributed by atoms with Gasteiger partial charge in [-0.2, -0.15) is 0 Å². The second kappa shape index (κ2) is 12.3. The Balaban J connectivity index is 1.59. The van der Waals surface area contributed by atoms with E-state index in [0.29, 0.717) is 34.9 Å². The van der Waals surface area contributed by atoms with E-state index >= 15 is 0 Å². The van der Waals surface area contributed by atoms with E-state index in [9.17, 15) is 19.8 Å². The molecule has 1 aromatic heterocycles. The summed E-state index contributed by atoms with van der Waals surface area (Å²) in [5.74, 6) is -3.26. The zero-order chi connectivity index (χ0) is 28.2. The Kier molecular flexibility index (Phi) is 9.09. The molecule has 206 valence electrons. The molecule has 9 nitrogen and oxygen atoms in total. The Bertz CT molecular complexity index is 1390. The average Bonchev–Trinajstić information content (AvgIpc) is 3.37. The van der Waals surface area contributed by atoms with Gasteiger partial charge in [0.15, 0.2) is 0 Å². The largest absolute Gasteiger partial charge is 0.481 e. The van der Waals surface area contributed by atoms with E-state index in [2.05, 4.69) is 31.6 Å². The molecule has 3 aromatic rings. The molecule has 0 saturated heterocycles. The second-order valence-corrected chi connectivity index (χ2v) is 10.8. The van der Waals surface area contributed by atoms with Crippen LogP contribution >= 0.6 is 27.5 Å². The molecular weight excluding hydrogens is 588 g/mol. The fraction of sp³-hybridized carbons (Fsp3) is 0.357. The van der Waals surface area contributed by atoms with Crippen LogP contribution in [0.15, 0.2) is 70.5 Å². The molecule has 4 rings (SSSR count). The van der Waals surface area contributed by atoms with Gasteiger partial charge in [-0.05, 0) is 31.0 Å². The van der Waals surface area contributed by atoms with E-state index in [1.807, 2.05) is 37.4 Å². The number of hydrogen-bond donors (Lipinski definition) is 3. The van der Waals surface area contributed by atoms with E-state index in [1.54, 1.807) is 35.9 Å². The Labute approximate surface area is 240 Å². The maximum Gasteiger partial charge on any atom is 0.334 e. The predicted octanol–water partition coefficient (Wildman–Crippen LogP) is 5.36. The first-order chi connectivity index (χ1) is 18.7. The Hall–Kier alpha value is -3.21. The van der Waals surface area contributed by atoms with Gasteiger partial charge in [0.1, 0.15) is 5.69 Å². The van der Waals surface area contributed by atoms with Crippen molar-refractivity contribution in [3.63, 3.8) is 0 Å². The van der Waals surface area contributed by atoms with Crippen LogP contribution in [0, 0.1) is 5.41 Å². The van der Waals surface area contributed by atoms with Crippen LogP contribution in [0.3, 0.4) is 0 Å². The summed E-state index contributed by atoms with van der Waals surface area (Å²) >= 11 is 10.0. The minimum absolute atomic E-state index is 0.0411. The van der Waals surface area contributed by atoms with Gasteiger partial charge < -0.3 is 20.3 Å². The molecule has 0 spiro atoms. The van der Waals surface area contributed by atoms with Crippen molar-refractivity contribution < 1.29 is 24.5 Å². The van der Waals surface area contributed by atoms with Gasteiger partial charge in [0.2, 0.25) is 0 Å². The third kappa shape index (κ3) is 5.73. The number of carbonyl (C=O) groups is 2. The predicted molar refractivity (Wildman–Crippen MR) is 150 cm³/mol. The summed E-state index contributed by atoms with van der Waals surface area (Å²) in [7, 11) is 0. The van der Waals surface area contributed by atoms with Crippen molar-refractivity contribution in [2.24, 2.45) is 5.41 Å². The smallest absolute Gasteiger partial charge is 0.334 e. The fourth-order valence-corrected chi connectivity index (χ4v) is 6.12. The van der Waals surface area contributed by atoms with Crippen LogP contribution in [0.25, 0.3) is 11.3 Å². The Morgan fingerprint density at radius 3 is 2.56 bits per heavy atom. The minimum Gasteiger partial charge on any atom is -0.481 e. The van der Waals surface area contributed by atoms with Crippen molar-refractivity contribution in [2.45, 2.75) is 45.2 Å². The molecule has 39 heavy (non-hydrogen) atoms. The highest BCUT2D eigenvalue weighted by atomic mass is 79.9. The summed E-state index contributed by atoms with van der Waals surface area (Å²) in [6.45, 7) is 4.24. The number of ether oxygens (including phenoxy) is 1. The van der Waals surface area contributed by atoms with E-state index < -0.39 is 29.3 Å². The number of nitrogens with zero attached hydrogens (tertiary/aromatic N) is 3. The third-order valence-electron chi connectivity index (χ3n) is 7.20. The van der Waals surface area contributed by atoms with Gasteiger partial charge in [-0.1, -0.05) is 82.5 Å². The lowest BCUT2D eigenvalue weighted by Gasteiger charge is -2.47. The van der Waals surface area contributed by atoms with Crippen LogP contribution in [0.2, 0.25) is 5.02 Å². The number of aliphatic carboxylic acids is 2. The highest BCUT2D eigenvalue weighted by molar-refractivity contribution is 9.10. The van der Waals surface area contributed by atoms with Crippen molar-refractivity contribution in [1.82, 2.24) is 20.3 Å². The minimum atomic E-state index is -1.42. The lowest BCUT2D eigenvalue weighted by atomic mass is 9.60. The molecule has 0 amide bonds. The summed E-state index contributed by atoms with van der Waals surface area (Å²) in [6.07, 6.45) is 2.63. The number of carboxylic acids is 2. The van der Waals surface area contributed by atoms with Crippen molar-refractivity contribution in [2.75, 3.05) is 13.2 Å². The average molecular weight is 618 g/mol. The standard InChI is InChI=1S/C28H30BrClN4O5/c1-3-12-28(27(37)38)17(2)31-23(24(26(35)36)25(28)19-9-5-7-11-21(19)30)16-39-14-13-34-15-22(32-33-34)18-8-4-6-10-20(18)29/h4-11,15,17,25,31H,3,12-14,16H2,1-2H3,(H,35,36)(H,37,38). The van der Waals surface area contributed by atoms with Gasteiger partial charge in [0.05, 0.1) is 36.9 Å². The third-order valence-corrected chi connectivity index (χ3v) is 8.24. The summed E-state index contributed by atoms with van der Waals surface area (Å²) in [6, 6.07) is 14.0. The first-order valence-corrected chi connectivity index (χ1v) is 13.8. The summed E-state index contributed by atoms with van der Waals surface area (Å²) in [5.41, 5.74) is 0.972. The number of aromatic nitrogens is 3. The lowest BCUT2D eigenvalue weighted by Crippen LogP contribution is -2.57. The van der Waals surface area contributed by atoms with Gasteiger partial charge in [-0.3, -0.25) is 4.79 Å². The molecule has 1 aliphatic rings. The number of hydrogen-bond acceptors (Lipinski definition) is 6. The molecule has 0 aliphatic carbocycles. The van der Waals surface area contributed by atoms with Gasteiger partial charge >= 0.3 is 11.9 Å². The quantitative estimate of drug-likeness (QED) is 0.246. The monoisotopic (exact) mass is 616 g/mol. The molecular formula is C28H30BrClN4O5. The van der Waals surface area contributed by atoms with Crippen LogP contribution in [0.1, 0.15) is 38.2 Å². The van der Waals surface area contributed by atoms with E-state index in [-0.39, 0.29) is 25.2 Å². The Morgan fingerprint density at radius 1 is 1.18 bits per heavy atom. The topological polar surface area (TPSA) is 127 Å². The Morgan fingerprint density at radius 2 is 1.90 bits per heavy atom. The van der Waals surface area contributed by atoms with Crippen molar-refractivity contribution in [1.29, 1.82) is 0 Å². The van der Waals surface area contributed by atoms with E-state index in [0.717, 1.165) is 10.0 Å². The lowest BCUT2D eigenvalue weighted by molar-refractivity contribution is -0.153. The molecule has 0 saturated carbocycles. The normalized spacial score (nSPS) is 21.0. The summed E-state index contributed by atoms with van der Waals surface area (Å²) in [5, 5.41) is 32.7.